The van der Waals surface area contributed by atoms with E-state index in [1.165, 1.54) is 13.2 Å². The number of thiophene rings is 1. The minimum Gasteiger partial charge on any atom is -0.507 e. The predicted molar refractivity (Wildman–Crippen MR) is 99.0 cm³/mol. The van der Waals surface area contributed by atoms with E-state index in [0.29, 0.717) is 11.3 Å². The monoisotopic (exact) mass is 393 g/mol. The first-order valence-corrected chi connectivity index (χ1v) is 9.69. The number of anilines is 1. The molecule has 2 aromatic carbocycles. The second kappa shape index (κ2) is 6.50. The largest absolute Gasteiger partial charge is 0.507 e. The van der Waals surface area contributed by atoms with Crippen LogP contribution in [0.15, 0.2) is 40.6 Å². The Morgan fingerprint density at radius 2 is 1.92 bits per heavy atom. The van der Waals surface area contributed by atoms with E-state index in [-0.39, 0.29) is 15.5 Å². The molecule has 0 aliphatic rings. The quantitative estimate of drug-likeness (QED) is 0.612. The van der Waals surface area contributed by atoms with Crippen molar-refractivity contribution in [2.24, 2.45) is 0 Å². The molecule has 0 fully saturated rings. The fourth-order valence-corrected chi connectivity index (χ4v) is 5.34. The summed E-state index contributed by atoms with van der Waals surface area (Å²) in [5.74, 6) is -1.19. The van der Waals surface area contributed by atoms with E-state index in [4.69, 9.17) is 9.84 Å². The molecular weight excluding hydrogens is 378 g/mol. The molecule has 3 aromatic rings. The lowest BCUT2D eigenvalue weighted by molar-refractivity contribution is 0.0694. The SMILES string of the molecule is COc1ccc2sc(S(=O)(=O)Nc3ccc(C(=O)O)c(O)c3)c(C)c2c1. The maximum Gasteiger partial charge on any atom is 0.339 e. The van der Waals surface area contributed by atoms with Crippen LogP contribution in [-0.4, -0.2) is 31.7 Å². The van der Waals surface area contributed by atoms with Crippen LogP contribution in [0.4, 0.5) is 5.69 Å². The Balaban J connectivity index is 2.01. The van der Waals surface area contributed by atoms with E-state index >= 15 is 0 Å². The van der Waals surface area contributed by atoms with Gasteiger partial charge in [-0.15, -0.1) is 11.3 Å². The van der Waals surface area contributed by atoms with E-state index in [1.807, 2.05) is 0 Å². The number of ether oxygens (including phenoxy) is 1. The van der Waals surface area contributed by atoms with Crippen molar-refractivity contribution < 1.29 is 28.2 Å². The highest BCUT2D eigenvalue weighted by molar-refractivity contribution is 7.94. The van der Waals surface area contributed by atoms with Crippen LogP contribution in [0.25, 0.3) is 10.1 Å². The number of carboxylic acids is 1. The summed E-state index contributed by atoms with van der Waals surface area (Å²) in [7, 11) is -2.37. The Bertz CT molecular complexity index is 1120. The molecule has 0 radical (unpaired) electrons. The molecule has 0 bridgehead atoms. The third kappa shape index (κ3) is 3.18. The maximum absolute atomic E-state index is 12.7. The molecule has 0 spiro atoms. The normalized spacial score (nSPS) is 11.5. The zero-order valence-corrected chi connectivity index (χ0v) is 15.4. The number of hydrogen-bond donors (Lipinski definition) is 3. The fourth-order valence-electron chi connectivity index (χ4n) is 2.54. The van der Waals surface area contributed by atoms with Crippen molar-refractivity contribution in [3.63, 3.8) is 0 Å². The first-order chi connectivity index (χ1) is 12.2. The second-order valence-corrected chi connectivity index (χ2v) is 8.45. The molecule has 136 valence electrons. The lowest BCUT2D eigenvalue weighted by atomic mass is 10.2. The Kier molecular flexibility index (Phi) is 4.51. The minimum absolute atomic E-state index is 0.0712. The second-order valence-electron chi connectivity index (χ2n) is 5.52. The van der Waals surface area contributed by atoms with Gasteiger partial charge in [0.15, 0.2) is 0 Å². The van der Waals surface area contributed by atoms with Crippen molar-refractivity contribution in [3.05, 3.63) is 47.5 Å². The van der Waals surface area contributed by atoms with Gasteiger partial charge in [0.1, 0.15) is 21.3 Å². The number of carbonyl (C=O) groups is 1. The van der Waals surface area contributed by atoms with Gasteiger partial charge in [0.05, 0.1) is 12.8 Å². The average molecular weight is 393 g/mol. The summed E-state index contributed by atoms with van der Waals surface area (Å²) < 4.78 is 34.0. The van der Waals surface area contributed by atoms with Crippen LogP contribution in [0.2, 0.25) is 0 Å². The fraction of sp³-hybridized carbons (Fsp3) is 0.118. The molecule has 26 heavy (non-hydrogen) atoms. The van der Waals surface area contributed by atoms with Crippen molar-refractivity contribution in [2.45, 2.75) is 11.1 Å². The molecule has 1 heterocycles. The summed E-state index contributed by atoms with van der Waals surface area (Å²) in [6.45, 7) is 1.71. The van der Waals surface area contributed by atoms with Gasteiger partial charge in [-0.1, -0.05) is 0 Å². The zero-order valence-electron chi connectivity index (χ0n) is 13.8. The van der Waals surface area contributed by atoms with Crippen LogP contribution in [-0.2, 0) is 10.0 Å². The van der Waals surface area contributed by atoms with E-state index in [0.717, 1.165) is 33.6 Å². The number of aryl methyl sites for hydroxylation is 1. The lowest BCUT2D eigenvalue weighted by Crippen LogP contribution is -2.12. The molecule has 0 aliphatic carbocycles. The molecule has 0 unspecified atom stereocenters. The molecule has 0 saturated carbocycles. The van der Waals surface area contributed by atoms with E-state index < -0.39 is 21.7 Å². The van der Waals surface area contributed by atoms with Crippen molar-refractivity contribution >= 4 is 43.1 Å². The summed E-state index contributed by atoms with van der Waals surface area (Å²) in [6.07, 6.45) is 0. The van der Waals surface area contributed by atoms with Gasteiger partial charge in [0, 0.05) is 16.2 Å². The number of aromatic carboxylic acids is 1. The van der Waals surface area contributed by atoms with Gasteiger partial charge in [-0.25, -0.2) is 13.2 Å². The van der Waals surface area contributed by atoms with Gasteiger partial charge in [0.2, 0.25) is 0 Å². The molecule has 0 atom stereocenters. The number of aromatic hydroxyl groups is 1. The van der Waals surface area contributed by atoms with Crippen LogP contribution < -0.4 is 9.46 Å². The summed E-state index contributed by atoms with van der Waals surface area (Å²) in [5, 5.41) is 19.4. The summed E-state index contributed by atoms with van der Waals surface area (Å²) >= 11 is 1.12. The molecule has 3 N–H and O–H groups in total. The van der Waals surface area contributed by atoms with Crippen LogP contribution in [0.1, 0.15) is 15.9 Å². The Morgan fingerprint density at radius 1 is 1.19 bits per heavy atom. The summed E-state index contributed by atoms with van der Waals surface area (Å²) in [6, 6.07) is 8.80. The van der Waals surface area contributed by atoms with Gasteiger partial charge in [0.25, 0.3) is 10.0 Å². The number of carboxylic acid groups (broad SMARTS) is 1. The van der Waals surface area contributed by atoms with Crippen molar-refractivity contribution in [1.82, 2.24) is 0 Å². The van der Waals surface area contributed by atoms with E-state index in [1.54, 1.807) is 25.1 Å². The van der Waals surface area contributed by atoms with Crippen molar-refractivity contribution in [1.29, 1.82) is 0 Å². The number of hydrogen-bond acceptors (Lipinski definition) is 6. The first kappa shape index (κ1) is 18.0. The highest BCUT2D eigenvalue weighted by Gasteiger charge is 2.23. The standard InChI is InChI=1S/C17H15NO6S2/c1-9-13-8-11(24-2)4-6-15(13)25-17(9)26(22,23)18-10-3-5-12(16(20)21)14(19)7-10/h3-8,18-19H,1-2H3,(H,20,21). The third-order valence-corrected chi connectivity index (χ3v) is 7.10. The Hall–Kier alpha value is -2.78. The maximum atomic E-state index is 12.7. The van der Waals surface area contributed by atoms with Crippen LogP contribution in [0.5, 0.6) is 11.5 Å². The Morgan fingerprint density at radius 3 is 2.54 bits per heavy atom. The van der Waals surface area contributed by atoms with E-state index in [2.05, 4.69) is 4.72 Å². The summed E-state index contributed by atoms with van der Waals surface area (Å²) in [5.41, 5.74) is 0.350. The molecular formula is C17H15NO6S2. The molecule has 3 rings (SSSR count). The number of benzene rings is 2. The molecule has 0 aliphatic heterocycles. The van der Waals surface area contributed by atoms with Gasteiger partial charge >= 0.3 is 5.97 Å². The average Bonchev–Trinajstić information content (AvgIpc) is 2.91. The Labute approximate surface area is 153 Å². The number of methoxy groups -OCH3 is 1. The lowest BCUT2D eigenvalue weighted by Gasteiger charge is -2.08. The number of rotatable bonds is 5. The highest BCUT2D eigenvalue weighted by atomic mass is 32.2. The van der Waals surface area contributed by atoms with Crippen LogP contribution in [0.3, 0.4) is 0 Å². The van der Waals surface area contributed by atoms with Crippen LogP contribution >= 0.6 is 11.3 Å². The van der Waals surface area contributed by atoms with Gasteiger partial charge in [-0.3, -0.25) is 4.72 Å². The first-order valence-electron chi connectivity index (χ1n) is 7.39. The van der Waals surface area contributed by atoms with Crippen molar-refractivity contribution in [2.75, 3.05) is 11.8 Å². The van der Waals surface area contributed by atoms with Gasteiger partial charge in [-0.2, -0.15) is 0 Å². The predicted octanol–water partition coefficient (Wildman–Crippen LogP) is 3.42. The number of fused-ring (bicyclic) bond motifs is 1. The topological polar surface area (TPSA) is 113 Å². The van der Waals surface area contributed by atoms with Crippen LogP contribution in [0, 0.1) is 6.92 Å². The molecule has 7 nitrogen and oxygen atoms in total. The molecule has 0 amide bonds. The number of sulfonamides is 1. The summed E-state index contributed by atoms with van der Waals surface area (Å²) in [4.78, 5) is 10.9. The van der Waals surface area contributed by atoms with E-state index in [9.17, 15) is 18.3 Å². The zero-order chi connectivity index (χ0) is 19.1. The smallest absolute Gasteiger partial charge is 0.339 e. The minimum atomic E-state index is -3.91. The molecule has 9 heteroatoms. The van der Waals surface area contributed by atoms with Gasteiger partial charge in [-0.05, 0) is 42.8 Å². The molecule has 1 aromatic heterocycles. The third-order valence-electron chi connectivity index (χ3n) is 3.82. The number of nitrogens with one attached hydrogen (secondary N) is 1. The highest BCUT2D eigenvalue weighted by Crippen LogP contribution is 2.37. The van der Waals surface area contributed by atoms with Gasteiger partial charge < -0.3 is 14.9 Å². The van der Waals surface area contributed by atoms with Crippen molar-refractivity contribution in [3.8, 4) is 11.5 Å². The number of phenols is 1. The molecule has 0 saturated heterocycles.